The number of alkyl halides is 7. The Kier molecular flexibility index (Phi) is 4.46. The third-order valence-corrected chi connectivity index (χ3v) is 3.82. The molecule has 1 nitrogen and oxygen atoms in total. The molecule has 1 saturated carbocycles. The highest BCUT2D eigenvalue weighted by Gasteiger charge is 2.40. The van der Waals surface area contributed by atoms with Crippen molar-refractivity contribution in [2.45, 2.75) is 36.6 Å². The van der Waals surface area contributed by atoms with Gasteiger partial charge in [-0.3, -0.25) is 0 Å². The van der Waals surface area contributed by atoms with Crippen molar-refractivity contribution in [2.75, 3.05) is 11.4 Å². The molecule has 118 valence electrons. The van der Waals surface area contributed by atoms with Gasteiger partial charge < -0.3 is 4.90 Å². The van der Waals surface area contributed by atoms with Crippen LogP contribution < -0.4 is 4.90 Å². The summed E-state index contributed by atoms with van der Waals surface area (Å²) in [5.41, 5.74) is -0.925. The van der Waals surface area contributed by atoms with Gasteiger partial charge in [-0.25, -0.2) is 0 Å². The van der Waals surface area contributed by atoms with Gasteiger partial charge in [0.1, 0.15) is 6.54 Å². The lowest BCUT2D eigenvalue weighted by Crippen LogP contribution is -2.36. The van der Waals surface area contributed by atoms with E-state index in [2.05, 4.69) is 15.9 Å². The molecule has 1 fully saturated rings. The normalized spacial score (nSPS) is 16.1. The maximum absolute atomic E-state index is 13.0. The van der Waals surface area contributed by atoms with Crippen molar-refractivity contribution >= 4 is 21.6 Å². The van der Waals surface area contributed by atoms with Gasteiger partial charge in [0.05, 0.1) is 5.56 Å². The van der Waals surface area contributed by atoms with Gasteiger partial charge in [-0.2, -0.15) is 26.3 Å². The zero-order chi connectivity index (χ0) is 15.8. The van der Waals surface area contributed by atoms with Crippen molar-refractivity contribution in [3.63, 3.8) is 0 Å². The highest BCUT2D eigenvalue weighted by Crippen LogP contribution is 2.39. The van der Waals surface area contributed by atoms with E-state index in [1.54, 1.807) is 0 Å². The van der Waals surface area contributed by atoms with Crippen molar-refractivity contribution in [1.82, 2.24) is 0 Å². The predicted molar refractivity (Wildman–Crippen MR) is 70.5 cm³/mol. The second kappa shape index (κ2) is 5.70. The SMILES string of the molecule is FC(F)(F)CN(c1ccc(CBr)c(C(F)(F)F)c1)C1CC1. The summed E-state index contributed by atoms with van der Waals surface area (Å²) in [7, 11) is 0. The van der Waals surface area contributed by atoms with Gasteiger partial charge in [-0.1, -0.05) is 22.0 Å². The monoisotopic (exact) mass is 375 g/mol. The summed E-state index contributed by atoms with van der Waals surface area (Å²) in [4.78, 5) is 1.01. The minimum absolute atomic E-state index is 0.00834. The largest absolute Gasteiger partial charge is 0.416 e. The van der Waals surface area contributed by atoms with Crippen LogP contribution in [0.5, 0.6) is 0 Å². The van der Waals surface area contributed by atoms with Gasteiger partial charge in [0, 0.05) is 17.1 Å². The fourth-order valence-electron chi connectivity index (χ4n) is 2.13. The number of halogens is 7. The first kappa shape index (κ1) is 16.5. The number of hydrogen-bond acceptors (Lipinski definition) is 1. The molecule has 8 heteroatoms. The molecule has 1 aliphatic carbocycles. The molecule has 1 aromatic rings. The summed E-state index contributed by atoms with van der Waals surface area (Å²) >= 11 is 2.96. The van der Waals surface area contributed by atoms with Crippen molar-refractivity contribution < 1.29 is 26.3 Å². The van der Waals surface area contributed by atoms with Crippen molar-refractivity contribution in [3.8, 4) is 0 Å². The lowest BCUT2D eigenvalue weighted by molar-refractivity contribution is -0.138. The molecular weight excluding hydrogens is 364 g/mol. The topological polar surface area (TPSA) is 3.24 Å². The Morgan fingerprint density at radius 1 is 1.10 bits per heavy atom. The first-order valence-electron chi connectivity index (χ1n) is 6.21. The van der Waals surface area contributed by atoms with E-state index in [1.807, 2.05) is 0 Å². The summed E-state index contributed by atoms with van der Waals surface area (Å²) in [6, 6.07) is 3.01. The van der Waals surface area contributed by atoms with Crippen LogP contribution in [-0.4, -0.2) is 18.8 Å². The molecule has 0 atom stereocenters. The average molecular weight is 376 g/mol. The van der Waals surface area contributed by atoms with Crippen LogP contribution in [-0.2, 0) is 11.5 Å². The molecule has 1 aromatic carbocycles. The van der Waals surface area contributed by atoms with Crippen molar-refractivity contribution in [1.29, 1.82) is 0 Å². The molecule has 0 aromatic heterocycles. The number of hydrogen-bond donors (Lipinski definition) is 0. The van der Waals surface area contributed by atoms with Gasteiger partial charge in [-0.15, -0.1) is 0 Å². The fourth-order valence-corrected chi connectivity index (χ4v) is 2.62. The number of nitrogens with zero attached hydrogens (tertiary/aromatic N) is 1. The molecule has 0 unspecified atom stereocenters. The smallest absolute Gasteiger partial charge is 0.360 e. The Bertz CT molecular complexity index is 506. The third-order valence-electron chi connectivity index (χ3n) is 3.21. The maximum Gasteiger partial charge on any atom is 0.416 e. The lowest BCUT2D eigenvalue weighted by Gasteiger charge is -2.27. The summed E-state index contributed by atoms with van der Waals surface area (Å²) < 4.78 is 76.7. The molecule has 1 aliphatic rings. The van der Waals surface area contributed by atoms with Crippen LogP contribution in [0, 0.1) is 0 Å². The average Bonchev–Trinajstić information content (AvgIpc) is 3.17. The van der Waals surface area contributed by atoms with E-state index in [4.69, 9.17) is 0 Å². The Balaban J connectivity index is 2.37. The van der Waals surface area contributed by atoms with Gasteiger partial charge >= 0.3 is 12.4 Å². The van der Waals surface area contributed by atoms with E-state index >= 15 is 0 Å². The first-order valence-corrected chi connectivity index (χ1v) is 7.33. The maximum atomic E-state index is 13.0. The van der Waals surface area contributed by atoms with Crippen LogP contribution in [0.1, 0.15) is 24.0 Å². The van der Waals surface area contributed by atoms with E-state index in [0.29, 0.717) is 12.8 Å². The Morgan fingerprint density at radius 2 is 1.71 bits per heavy atom. The molecule has 0 heterocycles. The van der Waals surface area contributed by atoms with Gasteiger partial charge in [-0.05, 0) is 30.5 Å². The minimum Gasteiger partial charge on any atom is -0.360 e. The molecule has 0 saturated heterocycles. The van der Waals surface area contributed by atoms with E-state index in [0.717, 1.165) is 11.0 Å². The van der Waals surface area contributed by atoms with Gasteiger partial charge in [0.15, 0.2) is 0 Å². The summed E-state index contributed by atoms with van der Waals surface area (Å²) in [6.45, 7) is -1.23. The van der Waals surface area contributed by atoms with Crippen molar-refractivity contribution in [3.05, 3.63) is 29.3 Å². The molecule has 0 bridgehead atoms. The lowest BCUT2D eigenvalue weighted by atomic mass is 10.1. The van der Waals surface area contributed by atoms with Crippen LogP contribution in [0.25, 0.3) is 0 Å². The summed E-state index contributed by atoms with van der Waals surface area (Å²) in [6.07, 6.45) is -7.91. The fraction of sp³-hybridized carbons (Fsp3) is 0.538. The second-order valence-electron chi connectivity index (χ2n) is 4.95. The van der Waals surface area contributed by atoms with Crippen LogP contribution in [0.3, 0.4) is 0 Å². The molecule has 0 N–H and O–H groups in total. The Hall–Kier alpha value is -0.920. The second-order valence-corrected chi connectivity index (χ2v) is 5.51. The zero-order valence-electron chi connectivity index (χ0n) is 10.7. The Morgan fingerprint density at radius 3 is 2.14 bits per heavy atom. The number of benzene rings is 1. The molecule has 0 aliphatic heterocycles. The summed E-state index contributed by atoms with van der Waals surface area (Å²) in [5.74, 6) is 0. The zero-order valence-corrected chi connectivity index (χ0v) is 12.3. The Labute approximate surface area is 126 Å². The molecule has 21 heavy (non-hydrogen) atoms. The predicted octanol–water partition coefficient (Wildman–Crippen LogP) is 5.13. The van der Waals surface area contributed by atoms with E-state index < -0.39 is 24.5 Å². The quantitative estimate of drug-likeness (QED) is 0.520. The van der Waals surface area contributed by atoms with Gasteiger partial charge in [0.25, 0.3) is 0 Å². The van der Waals surface area contributed by atoms with Crippen LogP contribution >= 0.6 is 15.9 Å². The van der Waals surface area contributed by atoms with E-state index in [9.17, 15) is 26.3 Å². The van der Waals surface area contributed by atoms with Gasteiger partial charge in [0.2, 0.25) is 0 Å². The number of anilines is 1. The van der Waals surface area contributed by atoms with E-state index in [1.165, 1.54) is 12.1 Å². The number of rotatable bonds is 4. The highest BCUT2D eigenvalue weighted by molar-refractivity contribution is 9.08. The third kappa shape index (κ3) is 4.28. The van der Waals surface area contributed by atoms with E-state index in [-0.39, 0.29) is 22.6 Å². The van der Waals surface area contributed by atoms with Crippen LogP contribution in [0.4, 0.5) is 32.0 Å². The summed E-state index contributed by atoms with van der Waals surface area (Å²) in [5, 5.41) is -0.00910. The van der Waals surface area contributed by atoms with Crippen molar-refractivity contribution in [2.24, 2.45) is 0 Å². The standard InChI is InChI=1S/C13H12BrF6N/c14-6-8-1-2-10(5-11(8)13(18,19)20)21(9-3-4-9)7-12(15,16)17/h1-2,5,9H,3-4,6-7H2. The molecule has 0 radical (unpaired) electrons. The highest BCUT2D eigenvalue weighted by atomic mass is 79.9. The molecular formula is C13H12BrF6N. The van der Waals surface area contributed by atoms with Crippen LogP contribution in [0.15, 0.2) is 18.2 Å². The molecule has 0 spiro atoms. The molecule has 2 rings (SSSR count). The van der Waals surface area contributed by atoms with Crippen LogP contribution in [0.2, 0.25) is 0 Å². The minimum atomic E-state index is -4.59. The molecule has 0 amide bonds. The first-order chi connectivity index (χ1) is 9.62.